The first-order chi connectivity index (χ1) is 7.68. The van der Waals surface area contributed by atoms with E-state index < -0.39 is 0 Å². The van der Waals surface area contributed by atoms with Crippen LogP contribution in [-0.2, 0) is 5.41 Å². The maximum Gasteiger partial charge on any atom is 0.0306 e. The van der Waals surface area contributed by atoms with Gasteiger partial charge in [-0.25, -0.2) is 0 Å². The Morgan fingerprint density at radius 2 is 2.00 bits per heavy atom. The van der Waals surface area contributed by atoms with E-state index in [1.807, 2.05) is 12.4 Å². The van der Waals surface area contributed by atoms with Gasteiger partial charge in [0.15, 0.2) is 0 Å². The Hall–Kier alpha value is -0.890. The molecule has 0 atom stereocenters. The molecule has 1 saturated carbocycles. The third-order valence-electron chi connectivity index (χ3n) is 3.99. The molecule has 1 aliphatic rings. The van der Waals surface area contributed by atoms with Crippen molar-refractivity contribution < 1.29 is 0 Å². The molecule has 0 bridgehead atoms. The number of pyridine rings is 1. The van der Waals surface area contributed by atoms with E-state index >= 15 is 0 Å². The Morgan fingerprint density at radius 3 is 2.56 bits per heavy atom. The molecule has 1 fully saturated rings. The first-order valence-electron chi connectivity index (χ1n) is 6.33. The van der Waals surface area contributed by atoms with Crippen LogP contribution in [0.5, 0.6) is 0 Å². The van der Waals surface area contributed by atoms with Gasteiger partial charge in [-0.3, -0.25) is 4.98 Å². The second-order valence-corrected chi connectivity index (χ2v) is 5.35. The van der Waals surface area contributed by atoms with Crippen molar-refractivity contribution in [2.24, 2.45) is 5.73 Å². The lowest BCUT2D eigenvalue weighted by molar-refractivity contribution is 0.450. The fourth-order valence-corrected chi connectivity index (χ4v) is 2.73. The number of aromatic nitrogens is 1. The van der Waals surface area contributed by atoms with Crippen LogP contribution in [0.3, 0.4) is 0 Å². The predicted molar refractivity (Wildman–Crippen MR) is 67.5 cm³/mol. The first kappa shape index (κ1) is 11.6. The van der Waals surface area contributed by atoms with E-state index in [-0.39, 0.29) is 5.41 Å². The van der Waals surface area contributed by atoms with E-state index in [4.69, 9.17) is 5.73 Å². The number of nitrogens with two attached hydrogens (primary N) is 1. The van der Waals surface area contributed by atoms with E-state index in [1.54, 1.807) is 0 Å². The van der Waals surface area contributed by atoms with Crippen LogP contribution in [-0.4, -0.2) is 11.5 Å². The second-order valence-electron chi connectivity index (χ2n) is 5.35. The Kier molecular flexibility index (Phi) is 3.29. The van der Waals surface area contributed by atoms with Crippen molar-refractivity contribution in [1.82, 2.24) is 4.98 Å². The highest BCUT2D eigenvalue weighted by Crippen LogP contribution is 2.40. The number of nitrogens with zero attached hydrogens (tertiary/aromatic N) is 1. The quantitative estimate of drug-likeness (QED) is 0.847. The maximum absolute atomic E-state index is 6.00. The third kappa shape index (κ3) is 1.99. The lowest BCUT2D eigenvalue weighted by Crippen LogP contribution is -2.32. The molecule has 1 heterocycles. The third-order valence-corrected chi connectivity index (χ3v) is 3.99. The fourth-order valence-electron chi connectivity index (χ4n) is 2.73. The summed E-state index contributed by atoms with van der Waals surface area (Å²) in [5, 5.41) is 0. The van der Waals surface area contributed by atoms with Gasteiger partial charge in [-0.05, 0) is 29.9 Å². The molecule has 0 spiro atoms. The minimum atomic E-state index is 0.220. The molecule has 2 N–H and O–H groups in total. The van der Waals surface area contributed by atoms with Crippen molar-refractivity contribution in [3.05, 3.63) is 29.6 Å². The molecule has 0 amide bonds. The molecule has 1 aliphatic carbocycles. The van der Waals surface area contributed by atoms with Gasteiger partial charge >= 0.3 is 0 Å². The highest BCUT2D eigenvalue weighted by molar-refractivity contribution is 5.29. The van der Waals surface area contributed by atoms with Crippen LogP contribution >= 0.6 is 0 Å². The number of hydrogen-bond acceptors (Lipinski definition) is 2. The summed E-state index contributed by atoms with van der Waals surface area (Å²) in [4.78, 5) is 4.39. The fraction of sp³-hybridized carbons (Fsp3) is 0.643. The van der Waals surface area contributed by atoms with E-state index in [2.05, 4.69) is 24.9 Å². The maximum atomic E-state index is 6.00. The van der Waals surface area contributed by atoms with E-state index in [9.17, 15) is 0 Å². The molecule has 0 aromatic carbocycles. The van der Waals surface area contributed by atoms with Gasteiger partial charge < -0.3 is 5.73 Å². The normalized spacial score (nSPS) is 19.2. The lowest BCUT2D eigenvalue weighted by atomic mass is 9.79. The lowest BCUT2D eigenvalue weighted by Gasteiger charge is -2.28. The Labute approximate surface area is 98.3 Å². The second kappa shape index (κ2) is 4.54. The molecule has 2 nitrogen and oxygen atoms in total. The standard InChI is InChI=1S/C14H22N2/c1-11(2)12-7-13(9-16-8-12)14(10-15)5-3-4-6-14/h7-9,11H,3-6,10,15H2,1-2H3. The topological polar surface area (TPSA) is 38.9 Å². The van der Waals surface area contributed by atoms with Crippen molar-refractivity contribution in [2.75, 3.05) is 6.54 Å². The molecular weight excluding hydrogens is 196 g/mol. The molecule has 1 aromatic rings. The van der Waals surface area contributed by atoms with Gasteiger partial charge in [-0.2, -0.15) is 0 Å². The van der Waals surface area contributed by atoms with Crippen LogP contribution in [0.4, 0.5) is 0 Å². The summed E-state index contributed by atoms with van der Waals surface area (Å²) in [5.41, 5.74) is 8.91. The minimum Gasteiger partial charge on any atom is -0.330 e. The van der Waals surface area contributed by atoms with Crippen LogP contribution in [0.1, 0.15) is 56.6 Å². The average molecular weight is 218 g/mol. The zero-order valence-electron chi connectivity index (χ0n) is 10.4. The van der Waals surface area contributed by atoms with Crippen molar-refractivity contribution in [3.8, 4) is 0 Å². The van der Waals surface area contributed by atoms with E-state index in [0.717, 1.165) is 6.54 Å². The Balaban J connectivity index is 2.35. The highest BCUT2D eigenvalue weighted by atomic mass is 14.7. The average Bonchev–Trinajstić information content (AvgIpc) is 2.79. The van der Waals surface area contributed by atoms with Gasteiger partial charge in [0.05, 0.1) is 0 Å². The van der Waals surface area contributed by atoms with E-state index in [0.29, 0.717) is 5.92 Å². The van der Waals surface area contributed by atoms with Gasteiger partial charge in [-0.15, -0.1) is 0 Å². The van der Waals surface area contributed by atoms with Crippen LogP contribution in [0.2, 0.25) is 0 Å². The molecule has 0 aliphatic heterocycles. The molecule has 2 heteroatoms. The zero-order valence-corrected chi connectivity index (χ0v) is 10.4. The van der Waals surface area contributed by atoms with Crippen LogP contribution in [0.25, 0.3) is 0 Å². The van der Waals surface area contributed by atoms with Crippen LogP contribution in [0.15, 0.2) is 18.5 Å². The molecule has 0 saturated heterocycles. The molecule has 2 rings (SSSR count). The molecule has 88 valence electrons. The Bertz CT molecular complexity index is 352. The summed E-state index contributed by atoms with van der Waals surface area (Å²) in [7, 11) is 0. The number of rotatable bonds is 3. The van der Waals surface area contributed by atoms with Gasteiger partial charge in [0.25, 0.3) is 0 Å². The van der Waals surface area contributed by atoms with Crippen molar-refractivity contribution in [3.63, 3.8) is 0 Å². The SMILES string of the molecule is CC(C)c1cncc(C2(CN)CCCC2)c1. The summed E-state index contributed by atoms with van der Waals surface area (Å²) in [6.45, 7) is 5.19. The summed E-state index contributed by atoms with van der Waals surface area (Å²) in [6, 6.07) is 2.32. The molecule has 0 radical (unpaired) electrons. The Morgan fingerprint density at radius 1 is 1.31 bits per heavy atom. The van der Waals surface area contributed by atoms with Crippen molar-refractivity contribution >= 4 is 0 Å². The van der Waals surface area contributed by atoms with Crippen molar-refractivity contribution in [2.45, 2.75) is 50.9 Å². The van der Waals surface area contributed by atoms with Gasteiger partial charge in [0.2, 0.25) is 0 Å². The smallest absolute Gasteiger partial charge is 0.0306 e. The van der Waals surface area contributed by atoms with E-state index in [1.165, 1.54) is 36.8 Å². The van der Waals surface area contributed by atoms with Gasteiger partial charge in [0.1, 0.15) is 0 Å². The van der Waals surface area contributed by atoms with Gasteiger partial charge in [-0.1, -0.05) is 32.8 Å². The monoisotopic (exact) mass is 218 g/mol. The first-order valence-corrected chi connectivity index (χ1v) is 6.33. The van der Waals surface area contributed by atoms with Crippen molar-refractivity contribution in [1.29, 1.82) is 0 Å². The molecule has 0 unspecified atom stereocenters. The predicted octanol–water partition coefficient (Wildman–Crippen LogP) is 2.98. The number of hydrogen-bond donors (Lipinski definition) is 1. The zero-order chi connectivity index (χ0) is 11.6. The van der Waals surface area contributed by atoms with Crippen LogP contribution in [0, 0.1) is 0 Å². The molecular formula is C14H22N2. The summed E-state index contributed by atoms with van der Waals surface area (Å²) in [5.74, 6) is 0.545. The highest BCUT2D eigenvalue weighted by Gasteiger charge is 2.34. The van der Waals surface area contributed by atoms with Crippen LogP contribution < -0.4 is 5.73 Å². The largest absolute Gasteiger partial charge is 0.330 e. The summed E-state index contributed by atoms with van der Waals surface area (Å²) in [6.07, 6.45) is 9.07. The summed E-state index contributed by atoms with van der Waals surface area (Å²) >= 11 is 0. The van der Waals surface area contributed by atoms with Gasteiger partial charge in [0, 0.05) is 24.4 Å². The molecule has 16 heavy (non-hydrogen) atoms. The summed E-state index contributed by atoms with van der Waals surface area (Å²) < 4.78 is 0. The minimum absolute atomic E-state index is 0.220. The molecule has 1 aromatic heterocycles.